The van der Waals surface area contributed by atoms with Crippen LogP contribution in [0.15, 0.2) is 54.2 Å². The molecule has 2 rings (SSSR count). The Morgan fingerprint density at radius 2 is 2.00 bits per heavy atom. The van der Waals surface area contributed by atoms with Gasteiger partial charge >= 0.3 is 0 Å². The second kappa shape index (κ2) is 4.90. The van der Waals surface area contributed by atoms with Crippen LogP contribution in [0.1, 0.15) is 0 Å². The van der Waals surface area contributed by atoms with Gasteiger partial charge in [-0.25, -0.2) is 0 Å². The Morgan fingerprint density at radius 3 is 2.65 bits per heavy atom. The lowest BCUT2D eigenvalue weighted by Crippen LogP contribution is -3.06. The quantitative estimate of drug-likeness (QED) is 0.740. The van der Waals surface area contributed by atoms with Gasteiger partial charge in [-0.3, -0.25) is 4.90 Å². The number of rotatable bonds is 3. The van der Waals surface area contributed by atoms with Crippen molar-refractivity contribution in [2.75, 3.05) is 19.0 Å². The Balaban J connectivity index is 2.37. The summed E-state index contributed by atoms with van der Waals surface area (Å²) < 4.78 is 0. The molecular weight excluding hydrogens is 218 g/mol. The van der Waals surface area contributed by atoms with Crippen molar-refractivity contribution in [1.82, 2.24) is 5.32 Å². The summed E-state index contributed by atoms with van der Waals surface area (Å²) >= 11 is 0. The van der Waals surface area contributed by atoms with Crippen molar-refractivity contribution in [2.24, 2.45) is 0 Å². The van der Waals surface area contributed by atoms with Crippen molar-refractivity contribution in [1.29, 1.82) is 0 Å². The summed E-state index contributed by atoms with van der Waals surface area (Å²) in [5, 5.41) is 14.4. The van der Waals surface area contributed by atoms with E-state index in [0.717, 1.165) is 11.4 Å². The molecule has 0 spiro atoms. The Bertz CT molecular complexity index is 442. The lowest BCUT2D eigenvalue weighted by atomic mass is 10.3. The maximum absolute atomic E-state index is 11.8. The third-order valence-corrected chi connectivity index (χ3v) is 2.61. The van der Waals surface area contributed by atoms with Gasteiger partial charge in [-0.05, 0) is 12.1 Å². The van der Waals surface area contributed by atoms with E-state index in [1.165, 1.54) is 6.26 Å². The van der Waals surface area contributed by atoms with Crippen molar-refractivity contribution in [2.45, 2.75) is 0 Å². The normalized spacial score (nSPS) is 18.9. The van der Waals surface area contributed by atoms with Gasteiger partial charge in [0.1, 0.15) is 5.70 Å². The minimum atomic E-state index is -0.358. The number of allylic oxidation sites excluding steroid dienone is 1. The summed E-state index contributed by atoms with van der Waals surface area (Å²) in [4.78, 5) is 6.71. The molecular formula is C12H15N3O2. The fraction of sp³-hybridized carbons (Fsp3) is 0.167. The van der Waals surface area contributed by atoms with E-state index in [0.29, 0.717) is 5.82 Å². The van der Waals surface area contributed by atoms with Gasteiger partial charge in [0.25, 0.3) is 5.82 Å². The summed E-state index contributed by atoms with van der Waals surface area (Å²) in [6, 6.07) is 9.66. The molecule has 0 aromatic heterocycles. The van der Waals surface area contributed by atoms with Gasteiger partial charge in [0.05, 0.1) is 0 Å². The van der Waals surface area contributed by atoms with Crippen LogP contribution in [0.5, 0.6) is 0 Å². The lowest BCUT2D eigenvalue weighted by molar-refractivity contribution is -1.01. The van der Waals surface area contributed by atoms with Crippen LogP contribution in [0.25, 0.3) is 0 Å². The summed E-state index contributed by atoms with van der Waals surface area (Å²) in [5.74, 6) is 0.501. The van der Waals surface area contributed by atoms with E-state index >= 15 is 0 Å². The number of para-hydroxylation sites is 1. The Hall–Kier alpha value is -1.98. The van der Waals surface area contributed by atoms with Gasteiger partial charge in [-0.2, -0.15) is 0 Å². The van der Waals surface area contributed by atoms with E-state index in [9.17, 15) is 5.21 Å². The molecule has 1 aromatic rings. The fourth-order valence-electron chi connectivity index (χ4n) is 1.71. The molecule has 0 aliphatic carbocycles. The van der Waals surface area contributed by atoms with Crippen LogP contribution < -0.4 is 15.4 Å². The van der Waals surface area contributed by atoms with Crippen LogP contribution in [-0.4, -0.2) is 14.1 Å². The predicted molar refractivity (Wildman–Crippen MR) is 65.5 cm³/mol. The Labute approximate surface area is 100 Å². The van der Waals surface area contributed by atoms with Crippen molar-refractivity contribution in [3.8, 4) is 0 Å². The number of hydrogen-bond acceptors (Lipinski definition) is 4. The summed E-state index contributed by atoms with van der Waals surface area (Å²) in [7, 11) is 3.61. The number of quaternary nitrogens is 1. The van der Waals surface area contributed by atoms with Crippen LogP contribution in [0.4, 0.5) is 5.69 Å². The van der Waals surface area contributed by atoms with Gasteiger partial charge in [-0.1, -0.05) is 18.2 Å². The third kappa shape index (κ3) is 2.25. The SMILES string of the molecule is CNC1=C(N(C)c2ccccc2)[NH+]([O-])OC=C1. The average Bonchev–Trinajstić information content (AvgIpc) is 2.38. The molecule has 1 unspecified atom stereocenters. The first-order chi connectivity index (χ1) is 8.24. The first kappa shape index (κ1) is 11.5. The minimum absolute atomic E-state index is 0.358. The van der Waals surface area contributed by atoms with Crippen molar-refractivity contribution >= 4 is 5.69 Å². The minimum Gasteiger partial charge on any atom is -0.584 e. The fourth-order valence-corrected chi connectivity index (χ4v) is 1.71. The highest BCUT2D eigenvalue weighted by Gasteiger charge is 2.22. The second-order valence-corrected chi connectivity index (χ2v) is 3.61. The summed E-state index contributed by atoms with van der Waals surface area (Å²) in [6.07, 6.45) is 3.12. The molecule has 1 aliphatic rings. The second-order valence-electron chi connectivity index (χ2n) is 3.61. The number of likely N-dealkylation sites (N-methyl/N-ethyl adjacent to an activating group) is 1. The first-order valence-electron chi connectivity index (χ1n) is 5.32. The maximum atomic E-state index is 11.8. The number of nitrogens with one attached hydrogen (secondary N) is 2. The maximum Gasteiger partial charge on any atom is 0.272 e. The molecule has 90 valence electrons. The average molecular weight is 233 g/mol. The van der Waals surface area contributed by atoms with E-state index in [1.54, 1.807) is 18.0 Å². The molecule has 0 fully saturated rings. The number of hydroxylamine groups is 2. The van der Waals surface area contributed by atoms with Gasteiger partial charge in [-0.15, -0.1) is 5.23 Å². The zero-order valence-corrected chi connectivity index (χ0v) is 9.81. The highest BCUT2D eigenvalue weighted by molar-refractivity contribution is 5.50. The summed E-state index contributed by atoms with van der Waals surface area (Å²) in [6.45, 7) is 0. The molecule has 2 N–H and O–H groups in total. The van der Waals surface area contributed by atoms with E-state index in [1.807, 2.05) is 37.4 Å². The van der Waals surface area contributed by atoms with Crippen LogP contribution in [-0.2, 0) is 4.84 Å². The molecule has 0 saturated heterocycles. The number of benzene rings is 1. The molecule has 0 bridgehead atoms. The number of hydrogen-bond donors (Lipinski definition) is 2. The van der Waals surface area contributed by atoms with Gasteiger partial charge in [0.2, 0.25) is 0 Å². The molecule has 5 heteroatoms. The van der Waals surface area contributed by atoms with E-state index < -0.39 is 0 Å². The molecule has 0 radical (unpaired) electrons. The largest absolute Gasteiger partial charge is 0.584 e. The molecule has 1 aliphatic heterocycles. The third-order valence-electron chi connectivity index (χ3n) is 2.61. The van der Waals surface area contributed by atoms with E-state index in [-0.39, 0.29) is 5.23 Å². The molecule has 5 nitrogen and oxygen atoms in total. The first-order valence-corrected chi connectivity index (χ1v) is 5.32. The standard InChI is InChI=1S/C12H15N3O2/c1-13-11-8-9-17-15(16)12(11)14(2)10-6-4-3-5-7-10/h3-9,13,15H,1-2H3. The zero-order valence-electron chi connectivity index (χ0n) is 9.81. The monoisotopic (exact) mass is 233 g/mol. The van der Waals surface area contributed by atoms with Crippen LogP contribution >= 0.6 is 0 Å². The lowest BCUT2D eigenvalue weighted by Gasteiger charge is -2.31. The predicted octanol–water partition coefficient (Wildman–Crippen LogP) is 0.353. The van der Waals surface area contributed by atoms with Crippen LogP contribution in [0, 0.1) is 5.21 Å². The molecule has 1 atom stereocenters. The molecule has 1 aromatic carbocycles. The van der Waals surface area contributed by atoms with Crippen LogP contribution in [0.3, 0.4) is 0 Å². The molecule has 0 amide bonds. The Kier molecular flexibility index (Phi) is 3.32. The smallest absolute Gasteiger partial charge is 0.272 e. The van der Waals surface area contributed by atoms with E-state index in [4.69, 9.17) is 4.84 Å². The molecule has 1 heterocycles. The number of nitrogens with zero attached hydrogens (tertiary/aromatic N) is 1. The summed E-state index contributed by atoms with van der Waals surface area (Å²) in [5.41, 5.74) is 1.68. The van der Waals surface area contributed by atoms with Gasteiger partial charge in [0.15, 0.2) is 6.26 Å². The number of anilines is 1. The topological polar surface area (TPSA) is 52.0 Å². The molecule has 0 saturated carbocycles. The van der Waals surface area contributed by atoms with Gasteiger partial charge in [0, 0.05) is 25.9 Å². The highest BCUT2D eigenvalue weighted by atomic mass is 16.9. The highest BCUT2D eigenvalue weighted by Crippen LogP contribution is 2.16. The van der Waals surface area contributed by atoms with Gasteiger partial charge < -0.3 is 15.4 Å². The van der Waals surface area contributed by atoms with Crippen molar-refractivity contribution in [3.05, 3.63) is 59.4 Å². The zero-order chi connectivity index (χ0) is 12.3. The Morgan fingerprint density at radius 1 is 1.29 bits per heavy atom. The van der Waals surface area contributed by atoms with E-state index in [2.05, 4.69) is 5.32 Å². The van der Waals surface area contributed by atoms with Crippen molar-refractivity contribution < 1.29 is 10.1 Å². The van der Waals surface area contributed by atoms with Crippen molar-refractivity contribution in [3.63, 3.8) is 0 Å². The molecule has 17 heavy (non-hydrogen) atoms. The van der Waals surface area contributed by atoms with Crippen LogP contribution in [0.2, 0.25) is 0 Å².